The van der Waals surface area contributed by atoms with Gasteiger partial charge in [-0.15, -0.1) is 0 Å². The third-order valence-electron chi connectivity index (χ3n) is 4.47. The smallest absolute Gasteiger partial charge is 0.212 e. The Morgan fingerprint density at radius 1 is 0.864 bits per heavy atom. The summed E-state index contributed by atoms with van der Waals surface area (Å²) in [7, 11) is 0. The summed E-state index contributed by atoms with van der Waals surface area (Å²) in [4.78, 5) is 0.714. The molecular formula is C16H22N2O3S. The first-order valence-electron chi connectivity index (χ1n) is 7.10. The van der Waals surface area contributed by atoms with Crippen molar-refractivity contribution in [3.05, 3.63) is 39.1 Å². The summed E-state index contributed by atoms with van der Waals surface area (Å²) >= 11 is -1.63. The zero-order valence-corrected chi connectivity index (χ0v) is 14.9. The summed E-state index contributed by atoms with van der Waals surface area (Å²) < 4.78 is 22.9. The molecule has 1 aromatic carbocycles. The SMILES string of the molecule is Cc1onc(NOS(=O)c2c(C)c(C)c(C)c(C)c2C)c1C. The van der Waals surface area contributed by atoms with Crippen LogP contribution >= 0.6 is 0 Å². The van der Waals surface area contributed by atoms with Crippen molar-refractivity contribution in [2.24, 2.45) is 0 Å². The Bertz CT molecular complexity index is 721. The van der Waals surface area contributed by atoms with Crippen LogP contribution in [0.4, 0.5) is 5.82 Å². The van der Waals surface area contributed by atoms with E-state index >= 15 is 0 Å². The van der Waals surface area contributed by atoms with Gasteiger partial charge in [0.2, 0.25) is 11.1 Å². The molecule has 5 nitrogen and oxygen atoms in total. The first-order chi connectivity index (χ1) is 10.3. The van der Waals surface area contributed by atoms with Crippen LogP contribution in [0.5, 0.6) is 0 Å². The second kappa shape index (κ2) is 6.22. The van der Waals surface area contributed by atoms with Crippen LogP contribution in [0.15, 0.2) is 9.42 Å². The molecule has 0 spiro atoms. The molecular weight excluding hydrogens is 300 g/mol. The molecule has 2 aromatic rings. The van der Waals surface area contributed by atoms with Crippen LogP contribution in [0.3, 0.4) is 0 Å². The normalized spacial score (nSPS) is 12.5. The molecule has 0 aliphatic carbocycles. The summed E-state index contributed by atoms with van der Waals surface area (Å²) in [5.41, 5.74) is 8.97. The van der Waals surface area contributed by atoms with Crippen LogP contribution in [-0.2, 0) is 15.4 Å². The minimum absolute atomic E-state index is 0.446. The predicted octanol–water partition coefficient (Wildman–Crippen LogP) is 3.90. The number of hydrogen-bond acceptors (Lipinski definition) is 5. The topological polar surface area (TPSA) is 64.4 Å². The second-order valence-electron chi connectivity index (χ2n) is 5.59. The van der Waals surface area contributed by atoms with E-state index in [4.69, 9.17) is 8.81 Å². The van der Waals surface area contributed by atoms with Crippen LogP contribution in [0.25, 0.3) is 0 Å². The molecule has 0 radical (unpaired) electrons. The number of benzene rings is 1. The van der Waals surface area contributed by atoms with Crippen molar-refractivity contribution in [1.82, 2.24) is 5.16 Å². The fourth-order valence-electron chi connectivity index (χ4n) is 2.35. The largest absolute Gasteiger partial charge is 0.359 e. The maximum Gasteiger partial charge on any atom is 0.212 e. The van der Waals surface area contributed by atoms with Crippen molar-refractivity contribution in [3.63, 3.8) is 0 Å². The first-order valence-corrected chi connectivity index (χ1v) is 8.18. The van der Waals surface area contributed by atoms with E-state index in [1.54, 1.807) is 0 Å². The van der Waals surface area contributed by atoms with Gasteiger partial charge in [-0.2, -0.15) is 4.28 Å². The van der Waals surface area contributed by atoms with Gasteiger partial charge in [0.15, 0.2) is 5.82 Å². The van der Waals surface area contributed by atoms with Crippen molar-refractivity contribution in [2.45, 2.75) is 53.4 Å². The van der Waals surface area contributed by atoms with Crippen LogP contribution in [-0.4, -0.2) is 9.37 Å². The van der Waals surface area contributed by atoms with E-state index < -0.39 is 11.1 Å². The van der Waals surface area contributed by atoms with Crippen molar-refractivity contribution in [2.75, 3.05) is 5.48 Å². The average Bonchev–Trinajstić information content (AvgIpc) is 2.81. The molecule has 1 atom stereocenters. The maximum atomic E-state index is 12.6. The number of hydrogen-bond donors (Lipinski definition) is 1. The molecule has 6 heteroatoms. The van der Waals surface area contributed by atoms with E-state index in [-0.39, 0.29) is 0 Å². The van der Waals surface area contributed by atoms with Gasteiger partial charge < -0.3 is 4.52 Å². The number of aromatic nitrogens is 1. The van der Waals surface area contributed by atoms with Gasteiger partial charge in [-0.25, -0.2) is 9.69 Å². The van der Waals surface area contributed by atoms with Crippen molar-refractivity contribution >= 4 is 16.9 Å². The highest BCUT2D eigenvalue weighted by Crippen LogP contribution is 2.29. The molecule has 0 aliphatic rings. The van der Waals surface area contributed by atoms with Gasteiger partial charge in [0, 0.05) is 5.56 Å². The zero-order chi connectivity index (χ0) is 16.6. The van der Waals surface area contributed by atoms with Crippen LogP contribution < -0.4 is 5.48 Å². The molecule has 2 rings (SSSR count). The molecule has 0 fully saturated rings. The fraction of sp³-hybridized carbons (Fsp3) is 0.438. The Morgan fingerprint density at radius 3 is 1.82 bits per heavy atom. The average molecular weight is 322 g/mol. The van der Waals surface area contributed by atoms with Crippen molar-refractivity contribution < 1.29 is 13.0 Å². The molecule has 1 unspecified atom stereocenters. The quantitative estimate of drug-likeness (QED) is 0.865. The molecule has 1 N–H and O–H groups in total. The molecule has 1 heterocycles. The van der Waals surface area contributed by atoms with Crippen LogP contribution in [0.2, 0.25) is 0 Å². The predicted molar refractivity (Wildman–Crippen MR) is 87.2 cm³/mol. The lowest BCUT2D eigenvalue weighted by molar-refractivity contribution is 0.383. The zero-order valence-electron chi connectivity index (χ0n) is 14.1. The van der Waals surface area contributed by atoms with Gasteiger partial charge in [0.25, 0.3) is 0 Å². The third kappa shape index (κ3) is 2.80. The summed E-state index contributed by atoms with van der Waals surface area (Å²) in [5.74, 6) is 1.15. The minimum atomic E-state index is -1.63. The van der Waals surface area contributed by atoms with E-state index in [0.717, 1.165) is 27.8 Å². The number of rotatable bonds is 4. The number of nitrogens with one attached hydrogen (secondary N) is 1. The van der Waals surface area contributed by atoms with Crippen molar-refractivity contribution in [1.29, 1.82) is 0 Å². The third-order valence-corrected chi connectivity index (χ3v) is 5.65. The molecule has 0 aliphatic heterocycles. The van der Waals surface area contributed by atoms with E-state index in [0.29, 0.717) is 16.5 Å². The van der Waals surface area contributed by atoms with Gasteiger partial charge in [-0.3, -0.25) is 0 Å². The van der Waals surface area contributed by atoms with E-state index in [9.17, 15) is 4.21 Å². The molecule has 1 aromatic heterocycles. The molecule has 0 saturated heterocycles. The number of nitrogens with zero attached hydrogens (tertiary/aromatic N) is 1. The Kier molecular flexibility index (Phi) is 4.72. The fourth-order valence-corrected chi connectivity index (χ4v) is 3.39. The molecule has 120 valence electrons. The Balaban J connectivity index is 2.29. The van der Waals surface area contributed by atoms with Gasteiger partial charge in [-0.1, -0.05) is 5.16 Å². The summed E-state index contributed by atoms with van der Waals surface area (Å²) in [6.45, 7) is 13.8. The number of anilines is 1. The van der Waals surface area contributed by atoms with E-state index in [1.165, 1.54) is 5.56 Å². The van der Waals surface area contributed by atoms with Gasteiger partial charge in [0.1, 0.15) is 5.76 Å². The molecule has 0 amide bonds. The van der Waals surface area contributed by atoms with Crippen molar-refractivity contribution in [3.8, 4) is 0 Å². The second-order valence-corrected chi connectivity index (χ2v) is 6.63. The van der Waals surface area contributed by atoms with Gasteiger partial charge in [0.05, 0.1) is 4.90 Å². The highest BCUT2D eigenvalue weighted by Gasteiger charge is 2.19. The van der Waals surface area contributed by atoms with Crippen LogP contribution in [0, 0.1) is 48.5 Å². The maximum absolute atomic E-state index is 12.6. The first kappa shape index (κ1) is 16.7. The summed E-state index contributed by atoms with van der Waals surface area (Å²) in [5, 5.41) is 3.83. The highest BCUT2D eigenvalue weighted by molar-refractivity contribution is 7.80. The lowest BCUT2D eigenvalue weighted by Gasteiger charge is -2.17. The minimum Gasteiger partial charge on any atom is -0.359 e. The Labute approximate surface area is 133 Å². The monoisotopic (exact) mass is 322 g/mol. The van der Waals surface area contributed by atoms with E-state index in [2.05, 4.69) is 17.6 Å². The molecule has 22 heavy (non-hydrogen) atoms. The lowest BCUT2D eigenvalue weighted by Crippen LogP contribution is -2.11. The standard InChI is InChI=1S/C16H22N2O3S/c1-8-9(2)11(4)15(12(5)10(8)3)22(19)21-18-16-13(6)14(7)20-17-16/h1-7H3,(H,17,18). The Hall–Kier alpha value is -1.66. The van der Waals surface area contributed by atoms with E-state index in [1.807, 2.05) is 41.5 Å². The highest BCUT2D eigenvalue weighted by atomic mass is 32.2. The molecule has 0 saturated carbocycles. The van der Waals surface area contributed by atoms with Gasteiger partial charge >= 0.3 is 0 Å². The Morgan fingerprint density at radius 2 is 1.36 bits per heavy atom. The summed E-state index contributed by atoms with van der Waals surface area (Å²) in [6.07, 6.45) is 0. The molecule has 0 bridgehead atoms. The summed E-state index contributed by atoms with van der Waals surface area (Å²) in [6, 6.07) is 0. The number of aryl methyl sites for hydroxylation is 1. The lowest BCUT2D eigenvalue weighted by atomic mass is 9.95. The van der Waals surface area contributed by atoms with Crippen LogP contribution in [0.1, 0.15) is 39.1 Å². The van der Waals surface area contributed by atoms with Gasteiger partial charge in [-0.05, 0) is 76.3 Å².